The van der Waals surface area contributed by atoms with Gasteiger partial charge in [-0.05, 0) is 54.0 Å². The Morgan fingerprint density at radius 2 is 1.07 bits per heavy atom. The first-order valence-electron chi connectivity index (χ1n) is 11.4. The summed E-state index contributed by atoms with van der Waals surface area (Å²) >= 11 is 0. The van der Waals surface area contributed by atoms with Crippen LogP contribution in [0, 0.1) is 0 Å². The molecule has 3 aromatic rings. The van der Waals surface area contributed by atoms with Gasteiger partial charge in [-0.2, -0.15) is 0 Å². The van der Waals surface area contributed by atoms with Gasteiger partial charge in [-0.1, -0.05) is 101 Å². The van der Waals surface area contributed by atoms with E-state index >= 15 is 0 Å². The predicted molar refractivity (Wildman–Crippen MR) is 126 cm³/mol. The van der Waals surface area contributed by atoms with Crippen molar-refractivity contribution in [3.8, 4) is 22.3 Å². The van der Waals surface area contributed by atoms with E-state index in [0.29, 0.717) is 0 Å². The maximum absolute atomic E-state index is 4.69. The van der Waals surface area contributed by atoms with E-state index < -0.39 is 0 Å². The van der Waals surface area contributed by atoms with E-state index in [4.69, 9.17) is 0 Å². The van der Waals surface area contributed by atoms with Crippen LogP contribution in [0.4, 0.5) is 0 Å². The van der Waals surface area contributed by atoms with E-state index in [1.165, 1.54) is 84.9 Å². The molecule has 0 spiro atoms. The molecule has 0 atom stereocenters. The largest absolute Gasteiger partial charge is 0.261 e. The lowest BCUT2D eigenvalue weighted by atomic mass is 9.99. The summed E-state index contributed by atoms with van der Waals surface area (Å²) in [5.41, 5.74) is 7.63. The first kappa shape index (κ1) is 21.3. The Bertz CT molecular complexity index is 829. The van der Waals surface area contributed by atoms with Gasteiger partial charge in [-0.3, -0.25) is 4.98 Å². The zero-order valence-electron chi connectivity index (χ0n) is 18.2. The van der Waals surface area contributed by atoms with Crippen LogP contribution in [-0.4, -0.2) is 4.98 Å². The molecule has 0 aliphatic rings. The highest BCUT2D eigenvalue weighted by molar-refractivity contribution is 5.70. The van der Waals surface area contributed by atoms with E-state index in [1.807, 2.05) is 6.20 Å². The average molecular weight is 386 g/mol. The Hall–Kier alpha value is -2.41. The van der Waals surface area contributed by atoms with E-state index in [0.717, 1.165) is 6.42 Å². The molecule has 1 heteroatoms. The van der Waals surface area contributed by atoms with Crippen LogP contribution in [0.15, 0.2) is 66.9 Å². The molecule has 0 radical (unpaired) electrons. The lowest BCUT2D eigenvalue weighted by molar-refractivity contribution is 0.628. The summed E-state index contributed by atoms with van der Waals surface area (Å²) in [7, 11) is 0. The van der Waals surface area contributed by atoms with Crippen molar-refractivity contribution in [3.05, 3.63) is 78.1 Å². The van der Waals surface area contributed by atoms with Crippen LogP contribution in [0.2, 0.25) is 0 Å². The summed E-state index contributed by atoms with van der Waals surface area (Å²) in [5, 5.41) is 0. The van der Waals surface area contributed by atoms with Gasteiger partial charge in [0.2, 0.25) is 0 Å². The van der Waals surface area contributed by atoms with Crippen LogP contribution in [0.5, 0.6) is 0 Å². The predicted octanol–water partition coefficient (Wildman–Crippen LogP) is 8.27. The summed E-state index contributed by atoms with van der Waals surface area (Å²) < 4.78 is 0. The Labute approximate surface area is 177 Å². The van der Waals surface area contributed by atoms with Crippen molar-refractivity contribution in [2.45, 2.75) is 71.6 Å². The van der Waals surface area contributed by atoms with Crippen LogP contribution in [-0.2, 0) is 12.8 Å². The molecule has 29 heavy (non-hydrogen) atoms. The van der Waals surface area contributed by atoms with Crippen molar-refractivity contribution < 1.29 is 0 Å². The smallest absolute Gasteiger partial charge is 0.0404 e. The van der Waals surface area contributed by atoms with Gasteiger partial charge in [0.15, 0.2) is 0 Å². The van der Waals surface area contributed by atoms with Gasteiger partial charge in [-0.25, -0.2) is 0 Å². The SMILES string of the molecule is CCCCCCCc1ccc(-c2ccc(-c3ccc(CCCC)cc3)cc2)cn1. The maximum Gasteiger partial charge on any atom is 0.0404 e. The van der Waals surface area contributed by atoms with Gasteiger partial charge in [0.25, 0.3) is 0 Å². The number of nitrogens with zero attached hydrogens (tertiary/aromatic N) is 1. The van der Waals surface area contributed by atoms with Gasteiger partial charge in [0, 0.05) is 17.5 Å². The number of benzene rings is 2. The Morgan fingerprint density at radius 3 is 1.66 bits per heavy atom. The second-order valence-corrected chi connectivity index (χ2v) is 8.08. The molecule has 0 saturated heterocycles. The third kappa shape index (κ3) is 6.56. The molecule has 0 fully saturated rings. The minimum atomic E-state index is 1.09. The maximum atomic E-state index is 4.69. The molecule has 1 heterocycles. The summed E-state index contributed by atoms with van der Waals surface area (Å²) in [6.07, 6.45) is 13.4. The monoisotopic (exact) mass is 385 g/mol. The van der Waals surface area contributed by atoms with E-state index in [9.17, 15) is 0 Å². The number of unbranched alkanes of at least 4 members (excludes halogenated alkanes) is 5. The molecule has 2 aromatic carbocycles. The van der Waals surface area contributed by atoms with E-state index in [2.05, 4.69) is 79.5 Å². The molecule has 152 valence electrons. The molecular weight excluding hydrogens is 350 g/mol. The highest BCUT2D eigenvalue weighted by Crippen LogP contribution is 2.25. The number of rotatable bonds is 11. The van der Waals surface area contributed by atoms with Crippen LogP contribution < -0.4 is 0 Å². The molecule has 1 aromatic heterocycles. The van der Waals surface area contributed by atoms with Gasteiger partial charge < -0.3 is 0 Å². The fourth-order valence-electron chi connectivity index (χ4n) is 3.75. The van der Waals surface area contributed by atoms with Gasteiger partial charge >= 0.3 is 0 Å². The van der Waals surface area contributed by atoms with Crippen molar-refractivity contribution in [1.82, 2.24) is 4.98 Å². The Kier molecular flexibility index (Phi) is 8.49. The van der Waals surface area contributed by atoms with Gasteiger partial charge in [0.1, 0.15) is 0 Å². The van der Waals surface area contributed by atoms with Crippen molar-refractivity contribution >= 4 is 0 Å². The first-order chi connectivity index (χ1) is 14.3. The third-order valence-electron chi connectivity index (χ3n) is 5.69. The van der Waals surface area contributed by atoms with Crippen LogP contribution in [0.1, 0.15) is 70.1 Å². The average Bonchev–Trinajstić information content (AvgIpc) is 2.78. The van der Waals surface area contributed by atoms with Crippen LogP contribution in [0.3, 0.4) is 0 Å². The van der Waals surface area contributed by atoms with Crippen LogP contribution >= 0.6 is 0 Å². The normalized spacial score (nSPS) is 11.0. The Balaban J connectivity index is 1.58. The second kappa shape index (κ2) is 11.6. The number of hydrogen-bond acceptors (Lipinski definition) is 1. The zero-order valence-corrected chi connectivity index (χ0v) is 18.2. The van der Waals surface area contributed by atoms with Crippen molar-refractivity contribution in [1.29, 1.82) is 0 Å². The molecule has 0 bridgehead atoms. The van der Waals surface area contributed by atoms with Gasteiger partial charge in [0.05, 0.1) is 0 Å². The summed E-state index contributed by atoms with van der Waals surface area (Å²) in [5.74, 6) is 0. The topological polar surface area (TPSA) is 12.9 Å². The van der Waals surface area contributed by atoms with Crippen molar-refractivity contribution in [3.63, 3.8) is 0 Å². The molecule has 0 N–H and O–H groups in total. The molecule has 1 nitrogen and oxygen atoms in total. The quantitative estimate of drug-likeness (QED) is 0.303. The van der Waals surface area contributed by atoms with Crippen LogP contribution in [0.25, 0.3) is 22.3 Å². The van der Waals surface area contributed by atoms with E-state index in [-0.39, 0.29) is 0 Å². The molecule has 3 rings (SSSR count). The lowest BCUT2D eigenvalue weighted by Crippen LogP contribution is -1.91. The van der Waals surface area contributed by atoms with E-state index in [1.54, 1.807) is 0 Å². The highest BCUT2D eigenvalue weighted by atomic mass is 14.7. The second-order valence-electron chi connectivity index (χ2n) is 8.08. The molecule has 0 amide bonds. The minimum Gasteiger partial charge on any atom is -0.261 e. The highest BCUT2D eigenvalue weighted by Gasteiger charge is 2.03. The molecule has 0 aliphatic heterocycles. The van der Waals surface area contributed by atoms with Gasteiger partial charge in [-0.15, -0.1) is 0 Å². The zero-order chi connectivity index (χ0) is 20.3. The molecule has 0 unspecified atom stereocenters. The minimum absolute atomic E-state index is 1.09. The van der Waals surface area contributed by atoms with Crippen molar-refractivity contribution in [2.75, 3.05) is 0 Å². The number of pyridine rings is 1. The fraction of sp³-hybridized carbons (Fsp3) is 0.393. The number of hydrogen-bond donors (Lipinski definition) is 0. The molecule has 0 aliphatic carbocycles. The Morgan fingerprint density at radius 1 is 0.517 bits per heavy atom. The fourth-order valence-corrected chi connectivity index (χ4v) is 3.75. The van der Waals surface area contributed by atoms with Crippen molar-refractivity contribution in [2.24, 2.45) is 0 Å². The summed E-state index contributed by atoms with van der Waals surface area (Å²) in [6, 6.07) is 22.3. The number of aryl methyl sites for hydroxylation is 2. The molecule has 0 saturated carbocycles. The summed E-state index contributed by atoms with van der Waals surface area (Å²) in [6.45, 7) is 4.50. The number of aromatic nitrogens is 1. The summed E-state index contributed by atoms with van der Waals surface area (Å²) in [4.78, 5) is 4.69. The standard InChI is InChI=1S/C28H35N/c1-3-5-7-8-9-11-28-21-20-27(22-29-28)26-18-16-25(17-19-26)24-14-12-23(13-15-24)10-6-4-2/h12-22H,3-11H2,1-2H3. The lowest BCUT2D eigenvalue weighted by Gasteiger charge is -2.07. The molecular formula is C28H35N. The third-order valence-corrected chi connectivity index (χ3v) is 5.69. The first-order valence-corrected chi connectivity index (χ1v) is 11.4.